The van der Waals surface area contributed by atoms with Crippen molar-refractivity contribution in [1.29, 1.82) is 0 Å². The number of aryl methyl sites for hydroxylation is 2. The molecule has 0 spiro atoms. The van der Waals surface area contributed by atoms with Gasteiger partial charge in [-0.05, 0) is 59.7 Å². The quantitative estimate of drug-likeness (QED) is 0.188. The monoisotopic (exact) mass is 446 g/mol. The van der Waals surface area contributed by atoms with Crippen LogP contribution >= 0.6 is 22.7 Å². The van der Waals surface area contributed by atoms with Gasteiger partial charge in [-0.25, -0.2) is 0 Å². The van der Waals surface area contributed by atoms with Crippen molar-refractivity contribution in [2.45, 2.75) is 129 Å². The standard InChI is InChI=1S/C28H46S2/c1-3-5-7-9-11-13-15-17-19-25-21-27(29-23-25)28-22-26(24-30-28)20-18-16-14-12-10-8-6-4-2/h21-24H,3-20H2,1-2H3. The zero-order chi connectivity index (χ0) is 21.3. The van der Waals surface area contributed by atoms with Crippen molar-refractivity contribution in [3.05, 3.63) is 34.0 Å². The first-order valence-electron chi connectivity index (χ1n) is 13.0. The normalized spacial score (nSPS) is 11.4. The van der Waals surface area contributed by atoms with Crippen molar-refractivity contribution >= 4 is 22.7 Å². The molecule has 2 heterocycles. The van der Waals surface area contributed by atoms with E-state index in [1.807, 2.05) is 22.7 Å². The summed E-state index contributed by atoms with van der Waals surface area (Å²) in [7, 11) is 0. The molecule has 0 unspecified atom stereocenters. The second-order valence-corrected chi connectivity index (χ2v) is 10.9. The molecule has 0 amide bonds. The van der Waals surface area contributed by atoms with Gasteiger partial charge in [0.1, 0.15) is 0 Å². The van der Waals surface area contributed by atoms with E-state index in [2.05, 4.69) is 36.7 Å². The van der Waals surface area contributed by atoms with Gasteiger partial charge < -0.3 is 0 Å². The van der Waals surface area contributed by atoms with Crippen LogP contribution in [0.5, 0.6) is 0 Å². The van der Waals surface area contributed by atoms with Crippen LogP contribution in [0.3, 0.4) is 0 Å². The lowest BCUT2D eigenvalue weighted by molar-refractivity contribution is 0.575. The lowest BCUT2D eigenvalue weighted by Gasteiger charge is -2.01. The van der Waals surface area contributed by atoms with Crippen molar-refractivity contribution in [2.24, 2.45) is 0 Å². The van der Waals surface area contributed by atoms with Gasteiger partial charge in [-0.15, -0.1) is 22.7 Å². The Bertz CT molecular complexity index is 580. The molecule has 0 aromatic carbocycles. The number of unbranched alkanes of at least 4 members (excludes halogenated alkanes) is 14. The summed E-state index contributed by atoms with van der Waals surface area (Å²) in [6.07, 6.45) is 25.1. The van der Waals surface area contributed by atoms with Crippen LogP contribution in [-0.2, 0) is 12.8 Å². The Kier molecular flexibility index (Phi) is 14.6. The second-order valence-electron chi connectivity index (χ2n) is 9.09. The number of thiophene rings is 2. The first-order chi connectivity index (χ1) is 14.8. The highest BCUT2D eigenvalue weighted by Crippen LogP contribution is 2.33. The van der Waals surface area contributed by atoms with Crippen LogP contribution in [0.2, 0.25) is 0 Å². The van der Waals surface area contributed by atoms with Gasteiger partial charge in [-0.2, -0.15) is 0 Å². The van der Waals surface area contributed by atoms with Gasteiger partial charge in [-0.1, -0.05) is 104 Å². The third kappa shape index (κ3) is 11.1. The van der Waals surface area contributed by atoms with Gasteiger partial charge in [0.25, 0.3) is 0 Å². The van der Waals surface area contributed by atoms with Gasteiger partial charge in [-0.3, -0.25) is 0 Å². The van der Waals surface area contributed by atoms with Crippen LogP contribution in [0.1, 0.15) is 128 Å². The van der Waals surface area contributed by atoms with Crippen molar-refractivity contribution < 1.29 is 0 Å². The first kappa shape index (κ1) is 25.7. The molecule has 170 valence electrons. The topological polar surface area (TPSA) is 0 Å². The predicted molar refractivity (Wildman–Crippen MR) is 140 cm³/mol. The fourth-order valence-corrected chi connectivity index (χ4v) is 6.20. The predicted octanol–water partition coefficient (Wildman–Crippen LogP) is 10.8. The molecular weight excluding hydrogens is 400 g/mol. The third-order valence-electron chi connectivity index (χ3n) is 6.19. The smallest absolute Gasteiger partial charge is 0.0445 e. The van der Waals surface area contributed by atoms with Crippen LogP contribution in [0.25, 0.3) is 9.75 Å². The molecule has 0 aliphatic heterocycles. The minimum Gasteiger partial charge on any atom is -0.143 e. The molecule has 0 aliphatic rings. The Hall–Kier alpha value is -0.600. The Balaban J connectivity index is 1.57. The van der Waals surface area contributed by atoms with Crippen LogP contribution in [0, 0.1) is 0 Å². The van der Waals surface area contributed by atoms with Crippen molar-refractivity contribution in [1.82, 2.24) is 0 Å². The molecular formula is C28H46S2. The van der Waals surface area contributed by atoms with E-state index in [0.29, 0.717) is 0 Å². The molecule has 2 aromatic heterocycles. The van der Waals surface area contributed by atoms with E-state index in [9.17, 15) is 0 Å². The van der Waals surface area contributed by atoms with Gasteiger partial charge in [0.2, 0.25) is 0 Å². The maximum absolute atomic E-state index is 2.46. The van der Waals surface area contributed by atoms with E-state index >= 15 is 0 Å². The highest BCUT2D eigenvalue weighted by atomic mass is 32.1. The average Bonchev–Trinajstić information content (AvgIpc) is 3.41. The van der Waals surface area contributed by atoms with E-state index in [-0.39, 0.29) is 0 Å². The molecule has 0 nitrogen and oxygen atoms in total. The molecule has 0 N–H and O–H groups in total. The number of rotatable bonds is 19. The minimum atomic E-state index is 1.27. The Morgan fingerprint density at radius 1 is 0.467 bits per heavy atom. The van der Waals surface area contributed by atoms with E-state index in [1.165, 1.54) is 125 Å². The first-order valence-corrected chi connectivity index (χ1v) is 14.7. The Morgan fingerprint density at radius 3 is 1.17 bits per heavy atom. The summed E-state index contributed by atoms with van der Waals surface area (Å²) in [5.41, 5.74) is 3.11. The second kappa shape index (κ2) is 17.0. The van der Waals surface area contributed by atoms with E-state index in [0.717, 1.165) is 0 Å². The molecule has 0 saturated heterocycles. The molecule has 0 atom stereocenters. The molecule has 0 fully saturated rings. The van der Waals surface area contributed by atoms with Crippen molar-refractivity contribution in [3.8, 4) is 9.75 Å². The fourth-order valence-electron chi connectivity index (χ4n) is 4.20. The number of hydrogen-bond donors (Lipinski definition) is 0. The minimum absolute atomic E-state index is 1.27. The summed E-state index contributed by atoms with van der Waals surface area (Å²) < 4.78 is 0. The summed E-state index contributed by atoms with van der Waals surface area (Å²) in [4.78, 5) is 2.97. The molecule has 0 radical (unpaired) electrons. The van der Waals surface area contributed by atoms with E-state index < -0.39 is 0 Å². The van der Waals surface area contributed by atoms with Crippen molar-refractivity contribution in [3.63, 3.8) is 0 Å². The Labute approximate surface area is 195 Å². The molecule has 2 rings (SSSR count). The Morgan fingerprint density at radius 2 is 0.800 bits per heavy atom. The lowest BCUT2D eigenvalue weighted by Crippen LogP contribution is -1.84. The third-order valence-corrected chi connectivity index (χ3v) is 8.34. The molecule has 2 heteroatoms. The fraction of sp³-hybridized carbons (Fsp3) is 0.714. The molecule has 0 saturated carbocycles. The van der Waals surface area contributed by atoms with E-state index in [1.54, 1.807) is 11.1 Å². The number of hydrogen-bond acceptors (Lipinski definition) is 2. The molecule has 0 bridgehead atoms. The zero-order valence-corrected chi connectivity index (χ0v) is 21.5. The van der Waals surface area contributed by atoms with E-state index in [4.69, 9.17) is 0 Å². The molecule has 30 heavy (non-hydrogen) atoms. The zero-order valence-electron chi connectivity index (χ0n) is 19.9. The largest absolute Gasteiger partial charge is 0.143 e. The van der Waals surface area contributed by atoms with Crippen LogP contribution in [-0.4, -0.2) is 0 Å². The SMILES string of the molecule is CCCCCCCCCCc1csc(-c2cc(CCCCCCCCCC)cs2)c1. The summed E-state index contributed by atoms with van der Waals surface area (Å²) in [5.74, 6) is 0. The van der Waals surface area contributed by atoms with Crippen LogP contribution < -0.4 is 0 Å². The summed E-state index contributed by atoms with van der Waals surface area (Å²) in [6.45, 7) is 4.59. The highest BCUT2D eigenvalue weighted by Gasteiger charge is 2.07. The van der Waals surface area contributed by atoms with Crippen molar-refractivity contribution in [2.75, 3.05) is 0 Å². The van der Waals surface area contributed by atoms with Gasteiger partial charge in [0, 0.05) is 9.75 Å². The molecule has 2 aromatic rings. The molecule has 0 aliphatic carbocycles. The average molecular weight is 447 g/mol. The maximum atomic E-state index is 2.46. The van der Waals surface area contributed by atoms with Gasteiger partial charge in [0.15, 0.2) is 0 Å². The lowest BCUT2D eigenvalue weighted by atomic mass is 10.0. The summed E-state index contributed by atoms with van der Waals surface area (Å²) >= 11 is 3.89. The van der Waals surface area contributed by atoms with Crippen LogP contribution in [0.15, 0.2) is 22.9 Å². The summed E-state index contributed by atoms with van der Waals surface area (Å²) in [6, 6.07) is 4.91. The van der Waals surface area contributed by atoms with Gasteiger partial charge in [0.05, 0.1) is 0 Å². The highest BCUT2D eigenvalue weighted by molar-refractivity contribution is 7.20. The van der Waals surface area contributed by atoms with Crippen LogP contribution in [0.4, 0.5) is 0 Å². The maximum Gasteiger partial charge on any atom is 0.0445 e. The van der Waals surface area contributed by atoms with Gasteiger partial charge >= 0.3 is 0 Å². The summed E-state index contributed by atoms with van der Waals surface area (Å²) in [5, 5.41) is 4.79.